The van der Waals surface area contributed by atoms with Crippen molar-refractivity contribution in [3.8, 4) is 0 Å². The van der Waals surface area contributed by atoms with Crippen molar-refractivity contribution in [2.75, 3.05) is 0 Å². The van der Waals surface area contributed by atoms with Crippen molar-refractivity contribution < 1.29 is 4.79 Å². The van der Waals surface area contributed by atoms with Crippen LogP contribution in [0.2, 0.25) is 0 Å². The molecule has 9 nitrogen and oxygen atoms in total. The molecule has 0 aliphatic heterocycles. The van der Waals surface area contributed by atoms with Crippen LogP contribution in [0.3, 0.4) is 0 Å². The van der Waals surface area contributed by atoms with Crippen molar-refractivity contribution in [1.82, 2.24) is 29.4 Å². The number of fused-ring (bicyclic) bond motifs is 2. The zero-order valence-electron chi connectivity index (χ0n) is 17.8. The third-order valence-corrected chi connectivity index (χ3v) is 5.31. The summed E-state index contributed by atoms with van der Waals surface area (Å²) in [7, 11) is 2.94. The Morgan fingerprint density at radius 3 is 2.61 bits per heavy atom. The predicted octanol–water partition coefficient (Wildman–Crippen LogP) is 2.03. The van der Waals surface area contributed by atoms with Gasteiger partial charge in [-0.15, -0.1) is 0 Å². The zero-order valence-corrected chi connectivity index (χ0v) is 17.8. The Labute approximate surface area is 177 Å². The topological polar surface area (TPSA) is 115 Å². The summed E-state index contributed by atoms with van der Waals surface area (Å²) in [4.78, 5) is 49.8. The summed E-state index contributed by atoms with van der Waals surface area (Å²) in [5, 5.41) is 3.23. The molecule has 1 aromatic carbocycles. The average molecular weight is 420 g/mol. The summed E-state index contributed by atoms with van der Waals surface area (Å²) in [6, 6.07) is 8.83. The molecule has 1 unspecified atom stereocenters. The minimum Gasteiger partial charge on any atom is -0.342 e. The van der Waals surface area contributed by atoms with Gasteiger partial charge in [0.15, 0.2) is 0 Å². The number of rotatable bonds is 5. The molecule has 160 valence electrons. The number of hydrogen-bond acceptors (Lipinski definition) is 5. The number of nitrogens with zero attached hydrogens (tertiary/aromatic N) is 4. The molecule has 3 heterocycles. The SMILES string of the molecule is CC(C)CC(NC(=O)c1cnc2c(c1)c(=O)n(C)c(=O)n2C)c1nc2ccccc2[nH]1. The number of H-pyrrole nitrogens is 1. The lowest BCUT2D eigenvalue weighted by Gasteiger charge is -2.19. The first-order valence-electron chi connectivity index (χ1n) is 10.1. The predicted molar refractivity (Wildman–Crippen MR) is 118 cm³/mol. The van der Waals surface area contributed by atoms with Gasteiger partial charge < -0.3 is 10.3 Å². The summed E-state index contributed by atoms with van der Waals surface area (Å²) in [6.45, 7) is 4.15. The molecule has 1 amide bonds. The second-order valence-corrected chi connectivity index (χ2v) is 8.10. The minimum absolute atomic E-state index is 0.210. The van der Waals surface area contributed by atoms with E-state index in [1.54, 1.807) is 0 Å². The maximum Gasteiger partial charge on any atom is 0.332 e. The van der Waals surface area contributed by atoms with Crippen LogP contribution in [-0.4, -0.2) is 30.0 Å². The van der Waals surface area contributed by atoms with Crippen molar-refractivity contribution in [2.45, 2.75) is 26.3 Å². The van der Waals surface area contributed by atoms with Gasteiger partial charge in [-0.25, -0.2) is 14.8 Å². The standard InChI is InChI=1S/C22H24N6O3/c1-12(2)9-17(18-24-15-7-5-6-8-16(15)25-18)26-20(29)13-10-14-19(23-11-13)27(3)22(31)28(4)21(14)30/h5-8,10-12,17H,9H2,1-4H3,(H,24,25)(H,26,29). The molecular formula is C22H24N6O3. The Kier molecular flexibility index (Phi) is 5.18. The number of carbonyl (C=O) groups excluding carboxylic acids is 1. The second kappa shape index (κ2) is 7.82. The van der Waals surface area contributed by atoms with Gasteiger partial charge in [-0.2, -0.15) is 0 Å². The molecule has 3 aromatic heterocycles. The minimum atomic E-state index is -0.490. The number of imidazole rings is 1. The van der Waals surface area contributed by atoms with Gasteiger partial charge in [0.25, 0.3) is 11.5 Å². The van der Waals surface area contributed by atoms with Crippen LogP contribution < -0.4 is 16.6 Å². The quantitative estimate of drug-likeness (QED) is 0.513. The molecule has 9 heteroatoms. The van der Waals surface area contributed by atoms with Crippen LogP contribution in [0.4, 0.5) is 0 Å². The lowest BCUT2D eigenvalue weighted by atomic mass is 10.0. The van der Waals surface area contributed by atoms with Gasteiger partial charge in [0.1, 0.15) is 11.5 Å². The number of hydrogen-bond donors (Lipinski definition) is 2. The summed E-state index contributed by atoms with van der Waals surface area (Å²) >= 11 is 0. The van der Waals surface area contributed by atoms with Crippen molar-refractivity contribution in [3.05, 3.63) is 68.8 Å². The molecule has 0 spiro atoms. The molecule has 1 atom stereocenters. The van der Waals surface area contributed by atoms with Gasteiger partial charge in [0.2, 0.25) is 0 Å². The van der Waals surface area contributed by atoms with E-state index in [4.69, 9.17) is 0 Å². The van der Waals surface area contributed by atoms with E-state index in [2.05, 4.69) is 34.1 Å². The zero-order chi connectivity index (χ0) is 22.3. The summed E-state index contributed by atoms with van der Waals surface area (Å²) in [5.41, 5.74) is 1.25. The van der Waals surface area contributed by atoms with E-state index in [0.29, 0.717) is 18.2 Å². The van der Waals surface area contributed by atoms with Crippen LogP contribution in [0.1, 0.15) is 42.5 Å². The molecule has 0 aliphatic rings. The number of benzene rings is 1. The highest BCUT2D eigenvalue weighted by molar-refractivity contribution is 5.97. The van der Waals surface area contributed by atoms with Crippen LogP contribution in [0.5, 0.6) is 0 Å². The molecule has 2 N–H and O–H groups in total. The highest BCUT2D eigenvalue weighted by atomic mass is 16.2. The highest BCUT2D eigenvalue weighted by Crippen LogP contribution is 2.22. The largest absolute Gasteiger partial charge is 0.342 e. The Balaban J connectivity index is 1.71. The number of carbonyl (C=O) groups is 1. The first-order valence-corrected chi connectivity index (χ1v) is 10.1. The second-order valence-electron chi connectivity index (χ2n) is 8.10. The van der Waals surface area contributed by atoms with Crippen LogP contribution in [0.25, 0.3) is 22.1 Å². The normalized spacial score (nSPS) is 12.5. The number of nitrogens with one attached hydrogen (secondary N) is 2. The van der Waals surface area contributed by atoms with Gasteiger partial charge in [-0.3, -0.25) is 18.7 Å². The van der Waals surface area contributed by atoms with E-state index in [9.17, 15) is 14.4 Å². The third kappa shape index (κ3) is 3.74. The Morgan fingerprint density at radius 1 is 1.16 bits per heavy atom. The van der Waals surface area contributed by atoms with E-state index < -0.39 is 11.2 Å². The van der Waals surface area contributed by atoms with Crippen LogP contribution in [0.15, 0.2) is 46.1 Å². The fourth-order valence-electron chi connectivity index (χ4n) is 3.68. The first kappa shape index (κ1) is 20.5. The lowest BCUT2D eigenvalue weighted by Crippen LogP contribution is -2.37. The molecule has 0 fully saturated rings. The maximum absolute atomic E-state index is 13.0. The van der Waals surface area contributed by atoms with Crippen LogP contribution >= 0.6 is 0 Å². The summed E-state index contributed by atoms with van der Waals surface area (Å²) in [5.74, 6) is 0.627. The van der Waals surface area contributed by atoms with Gasteiger partial charge in [-0.1, -0.05) is 26.0 Å². The highest BCUT2D eigenvalue weighted by Gasteiger charge is 2.21. The van der Waals surface area contributed by atoms with Crippen molar-refractivity contribution in [2.24, 2.45) is 20.0 Å². The summed E-state index contributed by atoms with van der Waals surface area (Å²) < 4.78 is 2.29. The molecule has 0 aliphatic carbocycles. The maximum atomic E-state index is 13.0. The molecular weight excluding hydrogens is 396 g/mol. The number of aromatic nitrogens is 5. The molecule has 0 saturated heterocycles. The monoisotopic (exact) mass is 420 g/mol. The first-order chi connectivity index (χ1) is 14.8. The van der Waals surface area contributed by atoms with Gasteiger partial charge in [0.05, 0.1) is 28.0 Å². The van der Waals surface area contributed by atoms with E-state index in [-0.39, 0.29) is 28.5 Å². The van der Waals surface area contributed by atoms with Crippen molar-refractivity contribution in [1.29, 1.82) is 0 Å². The molecule has 0 radical (unpaired) electrons. The number of para-hydroxylation sites is 2. The van der Waals surface area contributed by atoms with Crippen molar-refractivity contribution >= 4 is 28.0 Å². The van der Waals surface area contributed by atoms with Crippen molar-refractivity contribution in [3.63, 3.8) is 0 Å². The molecule has 31 heavy (non-hydrogen) atoms. The van der Waals surface area contributed by atoms with E-state index in [0.717, 1.165) is 15.6 Å². The van der Waals surface area contributed by atoms with E-state index >= 15 is 0 Å². The third-order valence-electron chi connectivity index (χ3n) is 5.31. The fraction of sp³-hybridized carbons (Fsp3) is 0.318. The summed E-state index contributed by atoms with van der Waals surface area (Å²) in [6.07, 6.45) is 2.06. The Hall–Kier alpha value is -3.75. The van der Waals surface area contributed by atoms with Gasteiger partial charge in [0, 0.05) is 20.3 Å². The smallest absolute Gasteiger partial charge is 0.332 e. The molecule has 0 bridgehead atoms. The van der Waals surface area contributed by atoms with Crippen LogP contribution in [-0.2, 0) is 14.1 Å². The molecule has 4 aromatic rings. The number of aromatic amines is 1. The van der Waals surface area contributed by atoms with Crippen LogP contribution in [0, 0.1) is 5.92 Å². The fourth-order valence-corrected chi connectivity index (χ4v) is 3.68. The van der Waals surface area contributed by atoms with E-state index in [1.807, 2.05) is 24.3 Å². The van der Waals surface area contributed by atoms with E-state index in [1.165, 1.54) is 30.9 Å². The number of pyridine rings is 1. The molecule has 0 saturated carbocycles. The Bertz CT molecular complexity index is 1380. The number of amides is 1. The molecule has 4 rings (SSSR count). The average Bonchev–Trinajstić information content (AvgIpc) is 3.19. The lowest BCUT2D eigenvalue weighted by molar-refractivity contribution is 0.0930. The number of aryl methyl sites for hydroxylation is 1. The Morgan fingerprint density at radius 2 is 1.90 bits per heavy atom. The van der Waals surface area contributed by atoms with Gasteiger partial charge >= 0.3 is 5.69 Å². The van der Waals surface area contributed by atoms with Gasteiger partial charge in [-0.05, 0) is 30.5 Å².